The van der Waals surface area contributed by atoms with Crippen LogP contribution in [0.25, 0.3) is 11.1 Å². The highest BCUT2D eigenvalue weighted by Gasteiger charge is 2.25. The fraction of sp³-hybridized carbons (Fsp3) is 0.500. The van der Waals surface area contributed by atoms with E-state index in [-0.39, 0.29) is 11.9 Å². The molecule has 1 fully saturated rings. The molecule has 1 aliphatic carbocycles. The van der Waals surface area contributed by atoms with Gasteiger partial charge in [0.25, 0.3) is 0 Å². The first kappa shape index (κ1) is 24.0. The predicted molar refractivity (Wildman–Crippen MR) is 130 cm³/mol. The summed E-state index contributed by atoms with van der Waals surface area (Å²) in [6.45, 7) is 5.78. The Hall–Kier alpha value is -2.62. The maximum Gasteiger partial charge on any atom is 0.338 e. The van der Waals surface area contributed by atoms with E-state index >= 15 is 0 Å². The number of carbonyl (C=O) groups is 2. The van der Waals surface area contributed by atoms with Crippen molar-refractivity contribution in [3.8, 4) is 11.1 Å². The number of ether oxygens (including phenoxy) is 1. The molecule has 2 aromatic rings. The number of benzene rings is 2. The average Bonchev–Trinajstić information content (AvgIpc) is 2.84. The van der Waals surface area contributed by atoms with Crippen molar-refractivity contribution in [2.45, 2.75) is 65.2 Å². The first-order valence-corrected chi connectivity index (χ1v) is 12.1. The maximum absolute atomic E-state index is 13.2. The van der Waals surface area contributed by atoms with E-state index in [1.165, 1.54) is 26.4 Å². The van der Waals surface area contributed by atoms with E-state index in [0.29, 0.717) is 11.5 Å². The standard InChI is InChI=1S/C28H37NO3/c1-4-5-18-29(27(30)23-12-7-6-8-13-23)19-17-22-15-16-25(28(31)32-3)26(20-22)24-14-10-9-11-21(24)2/h9-11,14-16,20,23H,4-8,12-13,17-19H2,1-3H3. The van der Waals surface area contributed by atoms with Crippen LogP contribution in [-0.2, 0) is 16.0 Å². The molecule has 1 saturated carbocycles. The Morgan fingerprint density at radius 3 is 2.44 bits per heavy atom. The predicted octanol–water partition coefficient (Wildman–Crippen LogP) is 6.20. The molecule has 0 heterocycles. The van der Waals surface area contributed by atoms with Crippen molar-refractivity contribution in [2.75, 3.05) is 20.2 Å². The van der Waals surface area contributed by atoms with E-state index in [9.17, 15) is 9.59 Å². The molecule has 0 saturated heterocycles. The van der Waals surface area contributed by atoms with Gasteiger partial charge in [0.1, 0.15) is 0 Å². The van der Waals surface area contributed by atoms with Gasteiger partial charge in [-0.25, -0.2) is 4.79 Å². The highest BCUT2D eigenvalue weighted by Crippen LogP contribution is 2.29. The highest BCUT2D eigenvalue weighted by molar-refractivity contribution is 5.97. The van der Waals surface area contributed by atoms with Crippen molar-refractivity contribution in [1.29, 1.82) is 0 Å². The number of carbonyl (C=O) groups excluding carboxylic acids is 2. The van der Waals surface area contributed by atoms with Gasteiger partial charge in [0, 0.05) is 19.0 Å². The van der Waals surface area contributed by atoms with E-state index in [1.54, 1.807) is 0 Å². The number of nitrogens with zero attached hydrogens (tertiary/aromatic N) is 1. The lowest BCUT2D eigenvalue weighted by Crippen LogP contribution is -2.39. The van der Waals surface area contributed by atoms with Gasteiger partial charge in [-0.3, -0.25) is 4.79 Å². The first-order chi connectivity index (χ1) is 15.5. The Labute approximate surface area is 193 Å². The zero-order chi connectivity index (χ0) is 22.9. The van der Waals surface area contributed by atoms with Crippen molar-refractivity contribution < 1.29 is 14.3 Å². The van der Waals surface area contributed by atoms with Crippen LogP contribution in [0.15, 0.2) is 42.5 Å². The molecule has 1 aliphatic rings. The molecule has 0 bridgehead atoms. The Morgan fingerprint density at radius 1 is 1.00 bits per heavy atom. The van der Waals surface area contributed by atoms with Crippen molar-refractivity contribution in [2.24, 2.45) is 5.92 Å². The van der Waals surface area contributed by atoms with E-state index < -0.39 is 0 Å². The molecular formula is C28H37NO3. The zero-order valence-electron chi connectivity index (χ0n) is 19.9. The van der Waals surface area contributed by atoms with Crippen molar-refractivity contribution in [1.82, 2.24) is 4.90 Å². The summed E-state index contributed by atoms with van der Waals surface area (Å²) in [4.78, 5) is 27.7. The lowest BCUT2D eigenvalue weighted by atomic mass is 9.88. The largest absolute Gasteiger partial charge is 0.465 e. The van der Waals surface area contributed by atoms with Crippen LogP contribution >= 0.6 is 0 Å². The molecule has 0 spiro atoms. The van der Waals surface area contributed by atoms with Gasteiger partial charge in [-0.1, -0.05) is 69.0 Å². The van der Waals surface area contributed by atoms with Crippen LogP contribution in [0.4, 0.5) is 0 Å². The minimum atomic E-state index is -0.327. The minimum Gasteiger partial charge on any atom is -0.465 e. The molecule has 1 amide bonds. The SMILES string of the molecule is CCCCN(CCc1ccc(C(=O)OC)c(-c2ccccc2C)c1)C(=O)C1CCCCC1. The second kappa shape index (κ2) is 11.8. The van der Waals surface area contributed by atoms with Gasteiger partial charge >= 0.3 is 5.97 Å². The van der Waals surface area contributed by atoms with Crippen molar-refractivity contribution >= 4 is 11.9 Å². The van der Waals surface area contributed by atoms with Crippen molar-refractivity contribution in [3.63, 3.8) is 0 Å². The number of rotatable bonds is 9. The summed E-state index contributed by atoms with van der Waals surface area (Å²) in [5.74, 6) is 0.208. The summed E-state index contributed by atoms with van der Waals surface area (Å²) in [7, 11) is 1.42. The molecule has 32 heavy (non-hydrogen) atoms. The van der Waals surface area contributed by atoms with Gasteiger partial charge in [0.15, 0.2) is 0 Å². The number of amides is 1. The number of unbranched alkanes of at least 4 members (excludes halogenated alkanes) is 1. The number of hydrogen-bond acceptors (Lipinski definition) is 3. The molecular weight excluding hydrogens is 398 g/mol. The summed E-state index contributed by atoms with van der Waals surface area (Å²) < 4.78 is 5.03. The van der Waals surface area contributed by atoms with E-state index in [1.807, 2.05) is 30.3 Å². The smallest absolute Gasteiger partial charge is 0.338 e. The minimum absolute atomic E-state index is 0.199. The third-order valence-electron chi connectivity index (χ3n) is 6.64. The monoisotopic (exact) mass is 435 g/mol. The average molecular weight is 436 g/mol. The third kappa shape index (κ3) is 5.99. The first-order valence-electron chi connectivity index (χ1n) is 12.1. The Balaban J connectivity index is 1.82. The number of aryl methyl sites for hydroxylation is 1. The van der Waals surface area contributed by atoms with Crippen molar-refractivity contribution in [3.05, 3.63) is 59.2 Å². The summed E-state index contributed by atoms with van der Waals surface area (Å²) in [5.41, 5.74) is 4.76. The summed E-state index contributed by atoms with van der Waals surface area (Å²) in [5, 5.41) is 0. The van der Waals surface area contributed by atoms with Gasteiger partial charge < -0.3 is 9.64 Å². The molecule has 4 heteroatoms. The van der Waals surface area contributed by atoms with Crippen LogP contribution in [0.5, 0.6) is 0 Å². The molecule has 3 rings (SSSR count). The molecule has 172 valence electrons. The van der Waals surface area contributed by atoms with E-state index in [2.05, 4.69) is 30.9 Å². The van der Waals surface area contributed by atoms with Gasteiger partial charge in [0.05, 0.1) is 12.7 Å². The second-order valence-corrected chi connectivity index (χ2v) is 8.95. The molecule has 0 radical (unpaired) electrons. The number of hydrogen-bond donors (Lipinski definition) is 0. The molecule has 0 unspecified atom stereocenters. The lowest BCUT2D eigenvalue weighted by Gasteiger charge is -2.29. The Bertz CT molecular complexity index is 915. The van der Waals surface area contributed by atoms with Crippen LogP contribution in [0, 0.1) is 12.8 Å². The maximum atomic E-state index is 13.2. The van der Waals surface area contributed by atoms with E-state index in [4.69, 9.17) is 4.74 Å². The third-order valence-corrected chi connectivity index (χ3v) is 6.64. The van der Waals surface area contributed by atoms with Crippen LogP contribution in [-0.4, -0.2) is 37.0 Å². The van der Waals surface area contributed by atoms with Crippen LogP contribution in [0.1, 0.15) is 73.4 Å². The molecule has 0 atom stereocenters. The van der Waals surface area contributed by atoms with Gasteiger partial charge in [0.2, 0.25) is 5.91 Å². The fourth-order valence-corrected chi connectivity index (χ4v) is 4.69. The quantitative estimate of drug-likeness (QED) is 0.441. The van der Waals surface area contributed by atoms with Gasteiger partial charge in [-0.15, -0.1) is 0 Å². The van der Waals surface area contributed by atoms with E-state index in [0.717, 1.165) is 67.4 Å². The summed E-state index contributed by atoms with van der Waals surface area (Å²) >= 11 is 0. The number of esters is 1. The van der Waals surface area contributed by atoms with Crippen LogP contribution in [0.2, 0.25) is 0 Å². The molecule has 0 aliphatic heterocycles. The molecule has 0 N–H and O–H groups in total. The highest BCUT2D eigenvalue weighted by atomic mass is 16.5. The number of methoxy groups -OCH3 is 1. The molecule has 0 aromatic heterocycles. The lowest BCUT2D eigenvalue weighted by molar-refractivity contribution is -0.136. The Morgan fingerprint density at radius 2 is 1.75 bits per heavy atom. The fourth-order valence-electron chi connectivity index (χ4n) is 4.69. The van der Waals surface area contributed by atoms with Crippen LogP contribution < -0.4 is 0 Å². The molecule has 2 aromatic carbocycles. The van der Waals surface area contributed by atoms with Crippen LogP contribution in [0.3, 0.4) is 0 Å². The topological polar surface area (TPSA) is 46.6 Å². The summed E-state index contributed by atoms with van der Waals surface area (Å²) in [6.07, 6.45) is 8.57. The van der Waals surface area contributed by atoms with Gasteiger partial charge in [-0.05, 0) is 60.9 Å². The molecule has 4 nitrogen and oxygen atoms in total. The normalized spacial score (nSPS) is 14.2. The Kier molecular flexibility index (Phi) is 8.90. The zero-order valence-corrected chi connectivity index (χ0v) is 19.9. The summed E-state index contributed by atoms with van der Waals surface area (Å²) in [6, 6.07) is 14.0. The second-order valence-electron chi connectivity index (χ2n) is 8.95. The van der Waals surface area contributed by atoms with Gasteiger partial charge in [-0.2, -0.15) is 0 Å².